The van der Waals surface area contributed by atoms with E-state index < -0.39 is 0 Å². The second-order valence-corrected chi connectivity index (χ2v) is 7.28. The molecule has 4 aromatic rings. The lowest BCUT2D eigenvalue weighted by Crippen LogP contribution is -2.15. The molecule has 0 atom stereocenters. The number of nitrogens with one attached hydrogen (secondary N) is 1. The first-order valence-corrected chi connectivity index (χ1v) is 9.78. The number of hydrogen-bond acceptors (Lipinski definition) is 3. The third kappa shape index (κ3) is 4.32. The van der Waals surface area contributed by atoms with Crippen LogP contribution in [0.2, 0.25) is 0 Å². The van der Waals surface area contributed by atoms with Gasteiger partial charge < -0.3 is 0 Å². The number of aryl methyl sites for hydroxylation is 4. The second kappa shape index (κ2) is 8.23. The Morgan fingerprint density at radius 2 is 1.34 bits per heavy atom. The molecule has 4 nitrogen and oxygen atoms in total. The molecule has 29 heavy (non-hydrogen) atoms. The normalized spacial score (nSPS) is 10.8. The lowest BCUT2D eigenvalue weighted by atomic mass is 10.0. The largest absolute Gasteiger partial charge is 0.348 e. The molecule has 1 heterocycles. The summed E-state index contributed by atoms with van der Waals surface area (Å²) in [5.74, 6) is 1.00. The van der Waals surface area contributed by atoms with Crippen molar-refractivity contribution in [3.63, 3.8) is 0 Å². The minimum Gasteiger partial charge on any atom is -0.290 e. The molecular weight excluding hydrogens is 358 g/mol. The van der Waals surface area contributed by atoms with E-state index in [2.05, 4.69) is 51.4 Å². The monoisotopic (exact) mass is 381 g/mol. The van der Waals surface area contributed by atoms with Gasteiger partial charge in [0.15, 0.2) is 5.82 Å². The predicted octanol–water partition coefficient (Wildman–Crippen LogP) is 4.90. The lowest BCUT2D eigenvalue weighted by molar-refractivity contribution is 0.959. The van der Waals surface area contributed by atoms with Crippen LogP contribution in [0.25, 0.3) is 22.8 Å². The van der Waals surface area contributed by atoms with Gasteiger partial charge in [-0.25, -0.2) is 9.78 Å². The quantitative estimate of drug-likeness (QED) is 0.535. The van der Waals surface area contributed by atoms with Gasteiger partial charge in [-0.2, -0.15) is 4.98 Å². The van der Waals surface area contributed by atoms with Gasteiger partial charge in [-0.15, -0.1) is 0 Å². The smallest absolute Gasteiger partial charge is 0.290 e. The maximum atomic E-state index is 12.2. The SMILES string of the molecule is Cc1cccc(C)c1-c1nc(-c2ccc(CCc3ccccc3)cc2)nc(=O)[nH]1. The number of aromatic amines is 1. The number of aromatic nitrogens is 3. The molecule has 0 bridgehead atoms. The van der Waals surface area contributed by atoms with Gasteiger partial charge >= 0.3 is 5.69 Å². The number of hydrogen-bond donors (Lipinski definition) is 1. The minimum absolute atomic E-state index is 0.388. The minimum atomic E-state index is -0.388. The van der Waals surface area contributed by atoms with E-state index >= 15 is 0 Å². The van der Waals surface area contributed by atoms with Crippen LogP contribution in [0.1, 0.15) is 22.3 Å². The standard InChI is InChI=1S/C25H23N3O/c1-17-7-6-8-18(2)22(17)24-26-23(27-25(29)28-24)21-15-13-20(14-16-21)12-11-19-9-4-3-5-10-19/h3-10,13-16H,11-12H2,1-2H3,(H,26,27,28,29). The molecule has 1 aromatic heterocycles. The Hall–Kier alpha value is -3.53. The van der Waals surface area contributed by atoms with Crippen molar-refractivity contribution in [1.29, 1.82) is 0 Å². The van der Waals surface area contributed by atoms with Crippen LogP contribution in [0.15, 0.2) is 77.6 Å². The first-order valence-electron chi connectivity index (χ1n) is 9.78. The van der Waals surface area contributed by atoms with Crippen molar-refractivity contribution in [2.75, 3.05) is 0 Å². The van der Waals surface area contributed by atoms with Gasteiger partial charge in [-0.3, -0.25) is 4.98 Å². The molecule has 0 aliphatic rings. The Kier molecular flexibility index (Phi) is 5.34. The van der Waals surface area contributed by atoms with Gasteiger partial charge in [0, 0.05) is 11.1 Å². The van der Waals surface area contributed by atoms with Crippen molar-refractivity contribution in [2.24, 2.45) is 0 Å². The van der Waals surface area contributed by atoms with E-state index in [0.717, 1.165) is 35.1 Å². The summed E-state index contributed by atoms with van der Waals surface area (Å²) in [7, 11) is 0. The highest BCUT2D eigenvalue weighted by atomic mass is 16.1. The summed E-state index contributed by atoms with van der Waals surface area (Å²) in [5, 5.41) is 0. The highest BCUT2D eigenvalue weighted by Crippen LogP contribution is 2.25. The van der Waals surface area contributed by atoms with Crippen molar-refractivity contribution in [3.05, 3.63) is 106 Å². The molecule has 3 aromatic carbocycles. The number of nitrogens with zero attached hydrogens (tertiary/aromatic N) is 2. The van der Waals surface area contributed by atoms with Crippen LogP contribution in [0.5, 0.6) is 0 Å². The molecule has 0 saturated heterocycles. The molecule has 0 amide bonds. The average molecular weight is 381 g/mol. The van der Waals surface area contributed by atoms with E-state index in [-0.39, 0.29) is 5.69 Å². The number of H-pyrrole nitrogens is 1. The maximum absolute atomic E-state index is 12.2. The summed E-state index contributed by atoms with van der Waals surface area (Å²) >= 11 is 0. The van der Waals surface area contributed by atoms with Crippen LogP contribution in [0.4, 0.5) is 0 Å². The summed E-state index contributed by atoms with van der Waals surface area (Å²) in [5.41, 5.74) is 6.12. The Morgan fingerprint density at radius 1 is 0.724 bits per heavy atom. The highest BCUT2D eigenvalue weighted by Gasteiger charge is 2.11. The van der Waals surface area contributed by atoms with E-state index in [1.54, 1.807) is 0 Å². The fourth-order valence-electron chi connectivity index (χ4n) is 3.57. The zero-order valence-corrected chi connectivity index (χ0v) is 16.6. The summed E-state index contributed by atoms with van der Waals surface area (Å²) in [6.45, 7) is 4.04. The van der Waals surface area contributed by atoms with Gasteiger partial charge in [0.25, 0.3) is 0 Å². The molecule has 0 saturated carbocycles. The number of benzene rings is 3. The molecule has 1 N–H and O–H groups in total. The molecule has 4 rings (SSSR count). The Balaban J connectivity index is 1.60. The van der Waals surface area contributed by atoms with Crippen molar-refractivity contribution in [3.8, 4) is 22.8 Å². The van der Waals surface area contributed by atoms with Crippen molar-refractivity contribution >= 4 is 0 Å². The van der Waals surface area contributed by atoms with Crippen LogP contribution in [-0.4, -0.2) is 15.0 Å². The summed E-state index contributed by atoms with van der Waals surface area (Å²) < 4.78 is 0. The topological polar surface area (TPSA) is 58.6 Å². The molecule has 0 aliphatic carbocycles. The van der Waals surface area contributed by atoms with Crippen LogP contribution >= 0.6 is 0 Å². The zero-order chi connectivity index (χ0) is 20.2. The highest BCUT2D eigenvalue weighted by molar-refractivity contribution is 5.66. The third-order valence-electron chi connectivity index (χ3n) is 5.13. The number of rotatable bonds is 5. The van der Waals surface area contributed by atoms with Gasteiger partial charge in [0.05, 0.1) is 0 Å². The molecule has 0 fully saturated rings. The Labute approximate surface area is 170 Å². The third-order valence-corrected chi connectivity index (χ3v) is 5.13. The van der Waals surface area contributed by atoms with Crippen molar-refractivity contribution < 1.29 is 0 Å². The first kappa shape index (κ1) is 18.8. The van der Waals surface area contributed by atoms with Crippen LogP contribution < -0.4 is 5.69 Å². The molecule has 0 aliphatic heterocycles. The molecule has 0 unspecified atom stereocenters. The molecule has 144 valence electrons. The molecule has 0 spiro atoms. The molecular formula is C25H23N3O. The zero-order valence-electron chi connectivity index (χ0n) is 16.6. The van der Waals surface area contributed by atoms with Crippen LogP contribution in [0.3, 0.4) is 0 Å². The van der Waals surface area contributed by atoms with E-state index in [4.69, 9.17) is 0 Å². The van der Waals surface area contributed by atoms with E-state index in [1.165, 1.54) is 11.1 Å². The second-order valence-electron chi connectivity index (χ2n) is 7.28. The van der Waals surface area contributed by atoms with E-state index in [1.807, 2.05) is 50.2 Å². The lowest BCUT2D eigenvalue weighted by Gasteiger charge is -2.10. The summed E-state index contributed by atoms with van der Waals surface area (Å²) in [4.78, 5) is 23.7. The van der Waals surface area contributed by atoms with Crippen molar-refractivity contribution in [2.45, 2.75) is 26.7 Å². The van der Waals surface area contributed by atoms with Gasteiger partial charge in [0.2, 0.25) is 0 Å². The first-order chi connectivity index (χ1) is 14.1. The summed E-state index contributed by atoms with van der Waals surface area (Å²) in [6.07, 6.45) is 1.96. The fourth-order valence-corrected chi connectivity index (χ4v) is 3.57. The fraction of sp³-hybridized carbons (Fsp3) is 0.160. The predicted molar refractivity (Wildman–Crippen MR) is 117 cm³/mol. The van der Waals surface area contributed by atoms with E-state index in [9.17, 15) is 4.79 Å². The average Bonchev–Trinajstić information content (AvgIpc) is 2.73. The molecule has 0 radical (unpaired) electrons. The Bertz CT molecular complexity index is 1160. The Morgan fingerprint density at radius 3 is 2.00 bits per heavy atom. The van der Waals surface area contributed by atoms with Gasteiger partial charge in [0.1, 0.15) is 5.82 Å². The van der Waals surface area contributed by atoms with Gasteiger partial charge in [-0.05, 0) is 48.9 Å². The van der Waals surface area contributed by atoms with Crippen LogP contribution in [0, 0.1) is 13.8 Å². The van der Waals surface area contributed by atoms with Crippen molar-refractivity contribution in [1.82, 2.24) is 15.0 Å². The molecule has 4 heteroatoms. The van der Waals surface area contributed by atoms with E-state index in [0.29, 0.717) is 11.6 Å². The summed E-state index contributed by atoms with van der Waals surface area (Å²) in [6, 6.07) is 24.6. The maximum Gasteiger partial charge on any atom is 0.348 e. The van der Waals surface area contributed by atoms with Gasteiger partial charge in [-0.1, -0.05) is 72.8 Å². The van der Waals surface area contributed by atoms with Crippen LogP contribution in [-0.2, 0) is 12.8 Å².